The maximum Gasteiger partial charge on any atom is 0.0107 e. The minimum atomic E-state index is 1.12. The molecule has 2 nitrogen and oxygen atoms in total. The van der Waals surface area contributed by atoms with Crippen molar-refractivity contribution in [1.29, 1.82) is 0 Å². The fraction of sp³-hybridized carbons (Fsp3) is 1.00. The van der Waals surface area contributed by atoms with Crippen LogP contribution in [0.1, 0.15) is 52.4 Å². The van der Waals surface area contributed by atoms with Crippen LogP contribution in [0.25, 0.3) is 0 Å². The summed E-state index contributed by atoms with van der Waals surface area (Å²) in [7, 11) is 2.03. The van der Waals surface area contributed by atoms with Crippen LogP contribution in [0.2, 0.25) is 0 Å². The number of nitrogens with zero attached hydrogens (tertiary/aromatic N) is 1. The molecule has 0 spiro atoms. The number of rotatable bonds is 11. The maximum atomic E-state index is 3.23. The summed E-state index contributed by atoms with van der Waals surface area (Å²) in [5, 5.41) is 3.23. The third-order valence-electron chi connectivity index (χ3n) is 2.80. The van der Waals surface area contributed by atoms with Crippen LogP contribution in [-0.2, 0) is 0 Å². The Morgan fingerprint density at radius 1 is 0.800 bits per heavy atom. The Kier molecular flexibility index (Phi) is 11.9. The van der Waals surface area contributed by atoms with Gasteiger partial charge in [0.2, 0.25) is 0 Å². The van der Waals surface area contributed by atoms with Crippen molar-refractivity contribution in [1.82, 2.24) is 10.2 Å². The Bertz CT molecular complexity index is 115. The van der Waals surface area contributed by atoms with Gasteiger partial charge in [0.1, 0.15) is 0 Å². The van der Waals surface area contributed by atoms with Crippen molar-refractivity contribution >= 4 is 0 Å². The van der Waals surface area contributed by atoms with Crippen molar-refractivity contribution < 1.29 is 0 Å². The molecule has 0 saturated carbocycles. The topological polar surface area (TPSA) is 15.3 Å². The number of nitrogens with one attached hydrogen (secondary N) is 1. The molecule has 0 rings (SSSR count). The molecule has 0 radical (unpaired) electrons. The lowest BCUT2D eigenvalue weighted by Gasteiger charge is -2.21. The average Bonchev–Trinajstić information content (AvgIpc) is 2.25. The third-order valence-corrected chi connectivity index (χ3v) is 2.80. The van der Waals surface area contributed by atoms with Gasteiger partial charge in [-0.3, -0.25) is 0 Å². The average molecular weight is 214 g/mol. The van der Waals surface area contributed by atoms with Gasteiger partial charge in [0, 0.05) is 13.1 Å². The molecule has 0 aliphatic heterocycles. The smallest absolute Gasteiger partial charge is 0.0107 e. The van der Waals surface area contributed by atoms with E-state index in [0.717, 1.165) is 6.54 Å². The summed E-state index contributed by atoms with van der Waals surface area (Å²) in [6.45, 7) is 9.42. The van der Waals surface area contributed by atoms with Crippen LogP contribution in [0.4, 0.5) is 0 Å². The van der Waals surface area contributed by atoms with E-state index in [2.05, 4.69) is 24.1 Å². The number of hydrogen-bond acceptors (Lipinski definition) is 2. The summed E-state index contributed by atoms with van der Waals surface area (Å²) in [6.07, 6.45) is 8.24. The lowest BCUT2D eigenvalue weighted by molar-refractivity contribution is 0.269. The molecule has 0 aromatic heterocycles. The summed E-state index contributed by atoms with van der Waals surface area (Å²) in [5.74, 6) is 0. The lowest BCUT2D eigenvalue weighted by Crippen LogP contribution is -2.32. The number of hydrogen-bond donors (Lipinski definition) is 1. The second-order valence-electron chi connectivity index (χ2n) is 4.36. The normalized spacial score (nSPS) is 11.2. The Balaban J connectivity index is 3.38. The van der Waals surface area contributed by atoms with Gasteiger partial charge in [-0.2, -0.15) is 0 Å². The predicted octanol–water partition coefficient (Wildman–Crippen LogP) is 2.89. The fourth-order valence-corrected chi connectivity index (χ4v) is 1.86. The van der Waals surface area contributed by atoms with Gasteiger partial charge in [0.15, 0.2) is 0 Å². The van der Waals surface area contributed by atoms with Crippen LogP contribution >= 0.6 is 0 Å². The van der Waals surface area contributed by atoms with Gasteiger partial charge in [0.05, 0.1) is 0 Å². The highest BCUT2D eigenvalue weighted by molar-refractivity contribution is 4.58. The summed E-state index contributed by atoms with van der Waals surface area (Å²) < 4.78 is 0. The molecule has 0 heterocycles. The number of likely N-dealkylation sites (N-methyl/N-ethyl adjacent to an activating group) is 1. The van der Waals surface area contributed by atoms with E-state index in [9.17, 15) is 0 Å². The highest BCUT2D eigenvalue weighted by atomic mass is 15.1. The van der Waals surface area contributed by atoms with Gasteiger partial charge in [-0.1, -0.05) is 39.5 Å². The second-order valence-corrected chi connectivity index (χ2v) is 4.36. The molecule has 0 amide bonds. The van der Waals surface area contributed by atoms with Crippen molar-refractivity contribution in [2.45, 2.75) is 52.4 Å². The summed E-state index contributed by atoms with van der Waals surface area (Å²) in [4.78, 5) is 2.59. The molecule has 0 aromatic carbocycles. The minimum Gasteiger partial charge on any atom is -0.318 e. The molecular weight excluding hydrogens is 184 g/mol. The quantitative estimate of drug-likeness (QED) is 0.532. The molecule has 0 fully saturated rings. The van der Waals surface area contributed by atoms with E-state index in [1.54, 1.807) is 0 Å². The van der Waals surface area contributed by atoms with Gasteiger partial charge < -0.3 is 10.2 Å². The van der Waals surface area contributed by atoms with Gasteiger partial charge in [-0.25, -0.2) is 0 Å². The first-order valence-corrected chi connectivity index (χ1v) is 6.72. The standard InChI is InChI=1S/C13H30N2/c1-4-6-7-8-9-12-15(11-5-2)13-10-14-3/h14H,4-13H2,1-3H3. The van der Waals surface area contributed by atoms with Gasteiger partial charge in [-0.15, -0.1) is 0 Å². The Morgan fingerprint density at radius 3 is 2.13 bits per heavy atom. The molecule has 0 unspecified atom stereocenters. The molecule has 0 atom stereocenters. The molecule has 0 aromatic rings. The molecule has 1 N–H and O–H groups in total. The largest absolute Gasteiger partial charge is 0.318 e. The Morgan fingerprint density at radius 2 is 1.53 bits per heavy atom. The zero-order valence-corrected chi connectivity index (χ0v) is 11.0. The summed E-state index contributed by atoms with van der Waals surface area (Å²) >= 11 is 0. The predicted molar refractivity (Wildman–Crippen MR) is 69.4 cm³/mol. The fourth-order valence-electron chi connectivity index (χ4n) is 1.86. The van der Waals surface area contributed by atoms with E-state index < -0.39 is 0 Å². The van der Waals surface area contributed by atoms with Crippen molar-refractivity contribution in [3.8, 4) is 0 Å². The molecule has 0 aliphatic carbocycles. The van der Waals surface area contributed by atoms with Crippen LogP contribution in [0.15, 0.2) is 0 Å². The first kappa shape index (κ1) is 14.9. The van der Waals surface area contributed by atoms with Crippen molar-refractivity contribution in [2.24, 2.45) is 0 Å². The second kappa shape index (κ2) is 12.0. The van der Waals surface area contributed by atoms with Crippen LogP contribution in [0.3, 0.4) is 0 Å². The van der Waals surface area contributed by atoms with Crippen LogP contribution in [0.5, 0.6) is 0 Å². The SMILES string of the molecule is CCCCCCCN(CCC)CCNC. The zero-order valence-electron chi connectivity index (χ0n) is 11.0. The van der Waals surface area contributed by atoms with E-state index in [-0.39, 0.29) is 0 Å². The summed E-state index contributed by atoms with van der Waals surface area (Å²) in [5.41, 5.74) is 0. The Hall–Kier alpha value is -0.0800. The zero-order chi connectivity index (χ0) is 11.4. The van der Waals surface area contributed by atoms with E-state index in [0.29, 0.717) is 0 Å². The molecule has 15 heavy (non-hydrogen) atoms. The highest BCUT2D eigenvalue weighted by Crippen LogP contribution is 2.04. The van der Waals surface area contributed by atoms with E-state index in [4.69, 9.17) is 0 Å². The maximum absolute atomic E-state index is 3.23. The first-order valence-electron chi connectivity index (χ1n) is 6.72. The minimum absolute atomic E-state index is 1.12. The van der Waals surface area contributed by atoms with E-state index >= 15 is 0 Å². The van der Waals surface area contributed by atoms with Crippen molar-refractivity contribution in [3.63, 3.8) is 0 Å². The molecule has 0 bridgehead atoms. The van der Waals surface area contributed by atoms with Gasteiger partial charge in [-0.05, 0) is 33.0 Å². The van der Waals surface area contributed by atoms with Crippen molar-refractivity contribution in [2.75, 3.05) is 33.2 Å². The van der Waals surface area contributed by atoms with E-state index in [1.165, 1.54) is 58.2 Å². The first-order chi connectivity index (χ1) is 7.35. The van der Waals surface area contributed by atoms with Crippen LogP contribution < -0.4 is 5.32 Å². The monoisotopic (exact) mass is 214 g/mol. The molecule has 0 aliphatic rings. The highest BCUT2D eigenvalue weighted by Gasteiger charge is 2.01. The molecule has 2 heteroatoms. The summed E-state index contributed by atoms with van der Waals surface area (Å²) in [6, 6.07) is 0. The molecular formula is C13H30N2. The molecule has 92 valence electrons. The Labute approximate surface area is 96.4 Å². The van der Waals surface area contributed by atoms with Crippen LogP contribution in [0, 0.1) is 0 Å². The van der Waals surface area contributed by atoms with Crippen molar-refractivity contribution in [3.05, 3.63) is 0 Å². The van der Waals surface area contributed by atoms with E-state index in [1.807, 2.05) is 7.05 Å². The van der Waals surface area contributed by atoms with Crippen LogP contribution in [-0.4, -0.2) is 38.1 Å². The van der Waals surface area contributed by atoms with Gasteiger partial charge in [0.25, 0.3) is 0 Å². The third kappa shape index (κ3) is 10.2. The van der Waals surface area contributed by atoms with Gasteiger partial charge >= 0.3 is 0 Å². The molecule has 0 saturated heterocycles. The lowest BCUT2D eigenvalue weighted by atomic mass is 10.1. The number of unbranched alkanes of at least 4 members (excludes halogenated alkanes) is 4.